The van der Waals surface area contributed by atoms with Crippen LogP contribution in [0.2, 0.25) is 0 Å². The largest absolute Gasteiger partial charge is 0.355 e. The van der Waals surface area contributed by atoms with Crippen LogP contribution in [0.5, 0.6) is 0 Å². The Hall–Kier alpha value is -0.380. The molecule has 0 aliphatic heterocycles. The van der Waals surface area contributed by atoms with E-state index in [1.165, 1.54) is 32.1 Å². The number of carbonyl (C=O) groups is 1. The molecule has 1 rings (SSSR count). The molecule has 16 heavy (non-hydrogen) atoms. The Morgan fingerprint density at radius 1 is 1.31 bits per heavy atom. The van der Waals surface area contributed by atoms with E-state index in [9.17, 15) is 9.00 Å². The first-order chi connectivity index (χ1) is 7.72. The molecule has 0 heterocycles. The molecule has 1 saturated carbocycles. The van der Waals surface area contributed by atoms with E-state index in [4.69, 9.17) is 0 Å². The summed E-state index contributed by atoms with van der Waals surface area (Å²) in [5, 5.41) is 2.86. The zero-order chi connectivity index (χ0) is 11.8. The van der Waals surface area contributed by atoms with E-state index in [1.807, 2.05) is 6.92 Å². The Balaban J connectivity index is 2.05. The predicted molar refractivity (Wildman–Crippen MR) is 67.8 cm³/mol. The van der Waals surface area contributed by atoms with Crippen molar-refractivity contribution in [2.75, 3.05) is 18.1 Å². The summed E-state index contributed by atoms with van der Waals surface area (Å²) in [6, 6.07) is 0. The van der Waals surface area contributed by atoms with E-state index in [0.717, 1.165) is 18.9 Å². The molecule has 1 atom stereocenters. The van der Waals surface area contributed by atoms with Crippen LogP contribution in [0.4, 0.5) is 0 Å². The Kier molecular flexibility index (Phi) is 6.69. The lowest BCUT2D eigenvalue weighted by atomic mass is 9.87. The first kappa shape index (κ1) is 13.7. The van der Waals surface area contributed by atoms with Crippen molar-refractivity contribution in [3.63, 3.8) is 0 Å². The molecule has 0 spiro atoms. The van der Waals surface area contributed by atoms with Gasteiger partial charge in [0.15, 0.2) is 0 Å². The van der Waals surface area contributed by atoms with Crippen molar-refractivity contribution >= 4 is 16.7 Å². The van der Waals surface area contributed by atoms with E-state index in [0.29, 0.717) is 5.75 Å². The zero-order valence-electron chi connectivity index (χ0n) is 10.2. The SMILES string of the molecule is CC[S@](=O)CC(=O)NCCC1CCCCC1. The van der Waals surface area contributed by atoms with Crippen LogP contribution in [0.25, 0.3) is 0 Å². The molecule has 0 aromatic carbocycles. The van der Waals surface area contributed by atoms with Gasteiger partial charge in [-0.05, 0) is 12.3 Å². The van der Waals surface area contributed by atoms with Gasteiger partial charge in [-0.1, -0.05) is 39.0 Å². The average molecular weight is 245 g/mol. The Labute approximate surface area is 101 Å². The summed E-state index contributed by atoms with van der Waals surface area (Å²) in [5.74, 6) is 1.47. The van der Waals surface area contributed by atoms with Crippen molar-refractivity contribution in [3.8, 4) is 0 Å². The second kappa shape index (κ2) is 7.82. The molecule has 0 bridgehead atoms. The molecule has 1 fully saturated rings. The molecule has 0 aromatic heterocycles. The lowest BCUT2D eigenvalue weighted by molar-refractivity contribution is -0.118. The van der Waals surface area contributed by atoms with Crippen molar-refractivity contribution < 1.29 is 9.00 Å². The Bertz CT molecular complexity index is 237. The Morgan fingerprint density at radius 2 is 2.00 bits per heavy atom. The van der Waals surface area contributed by atoms with Crippen LogP contribution >= 0.6 is 0 Å². The summed E-state index contributed by atoms with van der Waals surface area (Å²) in [7, 11) is -0.977. The fraction of sp³-hybridized carbons (Fsp3) is 0.917. The van der Waals surface area contributed by atoms with E-state index in [1.54, 1.807) is 0 Å². The quantitative estimate of drug-likeness (QED) is 0.776. The first-order valence-electron chi connectivity index (χ1n) is 6.34. The number of amides is 1. The fourth-order valence-electron chi connectivity index (χ4n) is 2.19. The predicted octanol–water partition coefficient (Wildman–Crippen LogP) is 1.84. The van der Waals surface area contributed by atoms with Gasteiger partial charge in [0, 0.05) is 23.1 Å². The van der Waals surface area contributed by atoms with Crippen LogP contribution in [0.15, 0.2) is 0 Å². The second-order valence-corrected chi connectivity index (χ2v) is 6.26. The standard InChI is InChI=1S/C12H23NO2S/c1-2-16(15)10-12(14)13-9-8-11-6-4-3-5-7-11/h11H,2-10H2,1H3,(H,13,14)/t16-/m0/s1. The van der Waals surface area contributed by atoms with Gasteiger partial charge in [-0.2, -0.15) is 0 Å². The molecule has 1 aliphatic carbocycles. The molecule has 4 heteroatoms. The zero-order valence-corrected chi connectivity index (χ0v) is 11.0. The highest BCUT2D eigenvalue weighted by Gasteiger charge is 2.13. The maximum absolute atomic E-state index is 11.3. The van der Waals surface area contributed by atoms with Crippen LogP contribution in [0.1, 0.15) is 45.4 Å². The summed E-state index contributed by atoms with van der Waals surface area (Å²) < 4.78 is 11.1. The summed E-state index contributed by atoms with van der Waals surface area (Å²) in [6.45, 7) is 2.59. The van der Waals surface area contributed by atoms with Crippen LogP contribution in [-0.2, 0) is 15.6 Å². The minimum absolute atomic E-state index is 0.0593. The third-order valence-corrected chi connectivity index (χ3v) is 4.44. The average Bonchev–Trinajstić information content (AvgIpc) is 2.30. The van der Waals surface area contributed by atoms with E-state index >= 15 is 0 Å². The van der Waals surface area contributed by atoms with Gasteiger partial charge < -0.3 is 5.32 Å². The Morgan fingerprint density at radius 3 is 2.62 bits per heavy atom. The molecular weight excluding hydrogens is 222 g/mol. The highest BCUT2D eigenvalue weighted by molar-refractivity contribution is 7.85. The minimum Gasteiger partial charge on any atom is -0.355 e. The highest BCUT2D eigenvalue weighted by atomic mass is 32.2. The first-order valence-corrected chi connectivity index (χ1v) is 7.83. The van der Waals surface area contributed by atoms with Crippen molar-refractivity contribution in [2.45, 2.75) is 45.4 Å². The number of nitrogens with one attached hydrogen (secondary N) is 1. The molecule has 1 aliphatic rings. The molecule has 0 radical (unpaired) electrons. The molecule has 1 N–H and O–H groups in total. The van der Waals surface area contributed by atoms with E-state index in [2.05, 4.69) is 5.32 Å². The van der Waals surface area contributed by atoms with Crippen molar-refractivity contribution in [2.24, 2.45) is 5.92 Å². The van der Waals surface area contributed by atoms with E-state index < -0.39 is 10.8 Å². The van der Waals surface area contributed by atoms with Crippen molar-refractivity contribution in [1.29, 1.82) is 0 Å². The molecular formula is C12H23NO2S. The van der Waals surface area contributed by atoms with Gasteiger partial charge in [0.1, 0.15) is 5.75 Å². The normalized spacial score (nSPS) is 19.3. The van der Waals surface area contributed by atoms with Gasteiger partial charge in [-0.3, -0.25) is 9.00 Å². The number of rotatable bonds is 6. The monoisotopic (exact) mass is 245 g/mol. The van der Waals surface area contributed by atoms with Crippen LogP contribution in [0.3, 0.4) is 0 Å². The smallest absolute Gasteiger partial charge is 0.232 e. The van der Waals surface area contributed by atoms with Crippen LogP contribution in [-0.4, -0.2) is 28.2 Å². The van der Waals surface area contributed by atoms with Gasteiger partial charge in [0.25, 0.3) is 0 Å². The molecule has 0 aromatic rings. The summed E-state index contributed by atoms with van der Waals surface area (Å²) in [5.41, 5.74) is 0. The molecule has 0 unspecified atom stereocenters. The maximum Gasteiger partial charge on any atom is 0.232 e. The number of hydrogen-bond acceptors (Lipinski definition) is 2. The maximum atomic E-state index is 11.3. The van der Waals surface area contributed by atoms with Gasteiger partial charge in [0.2, 0.25) is 5.91 Å². The van der Waals surface area contributed by atoms with Crippen LogP contribution in [0, 0.1) is 5.92 Å². The minimum atomic E-state index is -0.977. The number of hydrogen-bond donors (Lipinski definition) is 1. The second-order valence-electron chi connectivity index (χ2n) is 4.52. The van der Waals surface area contributed by atoms with Gasteiger partial charge in [-0.25, -0.2) is 0 Å². The van der Waals surface area contributed by atoms with Gasteiger partial charge >= 0.3 is 0 Å². The summed E-state index contributed by atoms with van der Waals surface area (Å²) in [6.07, 6.45) is 7.79. The number of carbonyl (C=O) groups excluding carboxylic acids is 1. The van der Waals surface area contributed by atoms with E-state index in [-0.39, 0.29) is 11.7 Å². The molecule has 94 valence electrons. The third kappa shape index (κ3) is 5.64. The fourth-order valence-corrected chi connectivity index (χ4v) is 2.79. The topological polar surface area (TPSA) is 46.2 Å². The molecule has 1 amide bonds. The third-order valence-electron chi connectivity index (χ3n) is 3.21. The summed E-state index contributed by atoms with van der Waals surface area (Å²) in [4.78, 5) is 11.3. The van der Waals surface area contributed by atoms with Gasteiger partial charge in [-0.15, -0.1) is 0 Å². The molecule has 3 nitrogen and oxygen atoms in total. The van der Waals surface area contributed by atoms with Crippen molar-refractivity contribution in [1.82, 2.24) is 5.32 Å². The van der Waals surface area contributed by atoms with Crippen molar-refractivity contribution in [3.05, 3.63) is 0 Å². The highest BCUT2D eigenvalue weighted by Crippen LogP contribution is 2.25. The molecule has 0 saturated heterocycles. The van der Waals surface area contributed by atoms with Gasteiger partial charge in [0.05, 0.1) is 0 Å². The van der Waals surface area contributed by atoms with Crippen LogP contribution < -0.4 is 5.32 Å². The lowest BCUT2D eigenvalue weighted by Gasteiger charge is -2.21. The summed E-state index contributed by atoms with van der Waals surface area (Å²) >= 11 is 0. The lowest BCUT2D eigenvalue weighted by Crippen LogP contribution is -2.30.